The molecule has 1 amide bonds. The summed E-state index contributed by atoms with van der Waals surface area (Å²) in [5.74, 6) is 0.00749. The second-order valence-electron chi connectivity index (χ2n) is 5.97. The van der Waals surface area contributed by atoms with E-state index in [1.807, 2.05) is 16.8 Å². The summed E-state index contributed by atoms with van der Waals surface area (Å²) in [6.07, 6.45) is 5.35. The fourth-order valence-electron chi connectivity index (χ4n) is 2.42. The largest absolute Gasteiger partial charge is 0.385 e. The molecule has 1 aromatic rings. The van der Waals surface area contributed by atoms with Crippen molar-refractivity contribution in [1.82, 2.24) is 9.88 Å². The average Bonchev–Trinajstić information content (AvgIpc) is 3.07. The van der Waals surface area contributed by atoms with E-state index in [0.29, 0.717) is 0 Å². The number of hydrogen-bond donors (Lipinski definition) is 1. The third-order valence-corrected chi connectivity index (χ3v) is 4.46. The van der Waals surface area contributed by atoms with Gasteiger partial charge in [0.25, 0.3) is 5.91 Å². The molecule has 0 aliphatic heterocycles. The Morgan fingerprint density at radius 3 is 2.80 bits per heavy atom. The van der Waals surface area contributed by atoms with Crippen LogP contribution in [-0.4, -0.2) is 30.7 Å². The molecule has 1 aliphatic rings. The summed E-state index contributed by atoms with van der Waals surface area (Å²) in [6.45, 7) is 5.66. The summed E-state index contributed by atoms with van der Waals surface area (Å²) in [5, 5.41) is 3.08. The SMILES string of the molecule is COCCC1(CNC(=O)c2cc(Br)cn2C(C)C)CC1. The van der Waals surface area contributed by atoms with Gasteiger partial charge in [0.2, 0.25) is 0 Å². The van der Waals surface area contributed by atoms with Crippen molar-refractivity contribution in [2.24, 2.45) is 5.41 Å². The molecule has 5 heteroatoms. The van der Waals surface area contributed by atoms with Gasteiger partial charge in [-0.3, -0.25) is 4.79 Å². The first-order valence-corrected chi connectivity index (χ1v) is 7.91. The van der Waals surface area contributed by atoms with Crippen molar-refractivity contribution in [3.63, 3.8) is 0 Å². The number of aromatic nitrogens is 1. The molecule has 0 saturated heterocycles. The normalized spacial score (nSPS) is 16.4. The van der Waals surface area contributed by atoms with Crippen LogP contribution in [0.1, 0.15) is 49.6 Å². The van der Waals surface area contributed by atoms with Crippen molar-refractivity contribution in [3.8, 4) is 0 Å². The molecule has 20 heavy (non-hydrogen) atoms. The van der Waals surface area contributed by atoms with Gasteiger partial charge in [0.1, 0.15) is 5.69 Å². The second kappa shape index (κ2) is 6.31. The van der Waals surface area contributed by atoms with E-state index in [9.17, 15) is 4.79 Å². The van der Waals surface area contributed by atoms with Crippen LogP contribution in [0.5, 0.6) is 0 Å². The molecule has 1 N–H and O–H groups in total. The van der Waals surface area contributed by atoms with Gasteiger partial charge in [-0.05, 0) is 60.5 Å². The smallest absolute Gasteiger partial charge is 0.267 e. The number of carbonyl (C=O) groups is 1. The highest BCUT2D eigenvalue weighted by atomic mass is 79.9. The van der Waals surface area contributed by atoms with Crippen molar-refractivity contribution in [1.29, 1.82) is 0 Å². The van der Waals surface area contributed by atoms with Crippen LogP contribution in [0.4, 0.5) is 0 Å². The molecule has 0 spiro atoms. The van der Waals surface area contributed by atoms with Gasteiger partial charge in [0.05, 0.1) is 0 Å². The molecule has 0 bridgehead atoms. The van der Waals surface area contributed by atoms with Gasteiger partial charge in [0, 0.05) is 37.0 Å². The monoisotopic (exact) mass is 342 g/mol. The molecule has 2 rings (SSSR count). The quantitative estimate of drug-likeness (QED) is 0.825. The molecule has 1 aliphatic carbocycles. The van der Waals surface area contributed by atoms with Crippen LogP contribution in [-0.2, 0) is 4.74 Å². The molecule has 4 nitrogen and oxygen atoms in total. The lowest BCUT2D eigenvalue weighted by Crippen LogP contribution is -2.32. The van der Waals surface area contributed by atoms with Gasteiger partial charge in [-0.1, -0.05) is 0 Å². The number of nitrogens with one attached hydrogen (secondary N) is 1. The lowest BCUT2D eigenvalue weighted by molar-refractivity contribution is 0.0927. The minimum atomic E-state index is 0.00749. The van der Waals surface area contributed by atoms with E-state index in [0.717, 1.165) is 29.7 Å². The number of nitrogens with zero attached hydrogens (tertiary/aromatic N) is 1. The Bertz CT molecular complexity index is 478. The van der Waals surface area contributed by atoms with E-state index in [4.69, 9.17) is 4.74 Å². The molecule has 0 radical (unpaired) electrons. The van der Waals surface area contributed by atoms with Crippen LogP contribution in [0.15, 0.2) is 16.7 Å². The Hall–Kier alpha value is -0.810. The molecule has 1 saturated carbocycles. The molecule has 0 atom stereocenters. The Balaban J connectivity index is 1.95. The maximum atomic E-state index is 12.3. The minimum Gasteiger partial charge on any atom is -0.385 e. The number of amides is 1. The second-order valence-corrected chi connectivity index (χ2v) is 6.89. The highest BCUT2D eigenvalue weighted by Gasteiger charge is 2.42. The average molecular weight is 343 g/mol. The van der Waals surface area contributed by atoms with Gasteiger partial charge in [0.15, 0.2) is 0 Å². The highest BCUT2D eigenvalue weighted by molar-refractivity contribution is 9.10. The van der Waals surface area contributed by atoms with E-state index in [1.54, 1.807) is 7.11 Å². The van der Waals surface area contributed by atoms with Crippen molar-refractivity contribution < 1.29 is 9.53 Å². The number of ether oxygens (including phenoxy) is 1. The Morgan fingerprint density at radius 1 is 1.55 bits per heavy atom. The van der Waals surface area contributed by atoms with Crippen LogP contribution >= 0.6 is 15.9 Å². The summed E-state index contributed by atoms with van der Waals surface area (Å²) in [5.41, 5.74) is 0.993. The topological polar surface area (TPSA) is 43.3 Å². The van der Waals surface area contributed by atoms with Gasteiger partial charge in [-0.15, -0.1) is 0 Å². The van der Waals surface area contributed by atoms with Crippen LogP contribution in [0.3, 0.4) is 0 Å². The zero-order valence-electron chi connectivity index (χ0n) is 12.4. The zero-order valence-corrected chi connectivity index (χ0v) is 14.0. The van der Waals surface area contributed by atoms with Crippen LogP contribution in [0, 0.1) is 5.41 Å². The summed E-state index contributed by atoms with van der Waals surface area (Å²) in [6, 6.07) is 2.15. The molecule has 0 unspecified atom stereocenters. The maximum absolute atomic E-state index is 12.3. The van der Waals surface area contributed by atoms with Gasteiger partial charge in [-0.25, -0.2) is 0 Å². The first-order valence-electron chi connectivity index (χ1n) is 7.12. The third kappa shape index (κ3) is 3.64. The lowest BCUT2D eigenvalue weighted by atomic mass is 10.0. The van der Waals surface area contributed by atoms with Crippen molar-refractivity contribution in [2.75, 3.05) is 20.3 Å². The molecular weight excluding hydrogens is 320 g/mol. The standard InChI is InChI=1S/C15H23BrN2O2/c1-11(2)18-9-12(16)8-13(18)14(19)17-10-15(4-5-15)6-7-20-3/h8-9,11H,4-7,10H2,1-3H3,(H,17,19). The van der Waals surface area contributed by atoms with Crippen LogP contribution < -0.4 is 5.32 Å². The number of carbonyl (C=O) groups excluding carboxylic acids is 1. The third-order valence-electron chi connectivity index (χ3n) is 4.02. The molecule has 1 aromatic heterocycles. The van der Waals surface area contributed by atoms with Crippen LogP contribution in [0.25, 0.3) is 0 Å². The van der Waals surface area contributed by atoms with Gasteiger partial charge >= 0.3 is 0 Å². The Morgan fingerprint density at radius 2 is 2.25 bits per heavy atom. The molecule has 0 aromatic carbocycles. The van der Waals surface area contributed by atoms with Crippen LogP contribution in [0.2, 0.25) is 0 Å². The van der Waals surface area contributed by atoms with E-state index < -0.39 is 0 Å². The number of halogens is 1. The first kappa shape index (κ1) is 15.6. The number of methoxy groups -OCH3 is 1. The summed E-state index contributed by atoms with van der Waals surface area (Å²) in [7, 11) is 1.72. The molecule has 1 heterocycles. The van der Waals surface area contributed by atoms with Crippen molar-refractivity contribution >= 4 is 21.8 Å². The van der Waals surface area contributed by atoms with E-state index in [1.165, 1.54) is 12.8 Å². The predicted molar refractivity (Wildman–Crippen MR) is 83.0 cm³/mol. The van der Waals surface area contributed by atoms with Gasteiger partial charge in [-0.2, -0.15) is 0 Å². The highest BCUT2D eigenvalue weighted by Crippen LogP contribution is 2.48. The Kier molecular flexibility index (Phi) is 4.91. The first-order chi connectivity index (χ1) is 9.47. The van der Waals surface area contributed by atoms with E-state index in [-0.39, 0.29) is 17.4 Å². The number of rotatable bonds is 7. The molecular formula is C15H23BrN2O2. The minimum absolute atomic E-state index is 0.00749. The fraction of sp³-hybridized carbons (Fsp3) is 0.667. The summed E-state index contributed by atoms with van der Waals surface area (Å²) in [4.78, 5) is 12.3. The molecule has 1 fully saturated rings. The predicted octanol–water partition coefficient (Wildman–Crippen LogP) is 3.38. The van der Waals surface area contributed by atoms with E-state index >= 15 is 0 Å². The lowest BCUT2D eigenvalue weighted by Gasteiger charge is -2.17. The Labute approximate surface area is 129 Å². The van der Waals surface area contributed by atoms with E-state index in [2.05, 4.69) is 35.1 Å². The van der Waals surface area contributed by atoms with Gasteiger partial charge < -0.3 is 14.6 Å². The molecule has 112 valence electrons. The fourth-order valence-corrected chi connectivity index (χ4v) is 2.86. The zero-order chi connectivity index (χ0) is 14.8. The summed E-state index contributed by atoms with van der Waals surface area (Å²) < 4.78 is 8.08. The van der Waals surface area contributed by atoms with Crippen molar-refractivity contribution in [3.05, 3.63) is 22.4 Å². The van der Waals surface area contributed by atoms with Crippen molar-refractivity contribution in [2.45, 2.75) is 39.2 Å². The summed E-state index contributed by atoms with van der Waals surface area (Å²) >= 11 is 3.44. The maximum Gasteiger partial charge on any atom is 0.267 e. The number of hydrogen-bond acceptors (Lipinski definition) is 2.